The standard InChI is InChI=1S/C17H20Br2N2/c1-10-6-11(2)15(12(3)7-10)9-17(21-20)14-5-4-13(18)8-16(14)19/h4-8,17,21H,9,20H2,1-3H3. The van der Waals surface area contributed by atoms with Crippen LogP contribution in [0.3, 0.4) is 0 Å². The Balaban J connectivity index is 2.36. The van der Waals surface area contributed by atoms with Crippen LogP contribution in [0.2, 0.25) is 0 Å². The highest BCUT2D eigenvalue weighted by atomic mass is 79.9. The molecule has 0 radical (unpaired) electrons. The molecule has 2 rings (SSSR count). The van der Waals surface area contributed by atoms with E-state index in [1.54, 1.807) is 0 Å². The van der Waals surface area contributed by atoms with E-state index in [9.17, 15) is 0 Å². The number of hydrogen-bond acceptors (Lipinski definition) is 2. The quantitative estimate of drug-likeness (QED) is 0.555. The molecular formula is C17H20Br2N2. The van der Waals surface area contributed by atoms with Crippen molar-refractivity contribution in [2.24, 2.45) is 5.84 Å². The van der Waals surface area contributed by atoms with Gasteiger partial charge in [0.2, 0.25) is 0 Å². The van der Waals surface area contributed by atoms with Gasteiger partial charge in [-0.2, -0.15) is 0 Å². The molecule has 21 heavy (non-hydrogen) atoms. The maximum atomic E-state index is 5.81. The van der Waals surface area contributed by atoms with Crippen LogP contribution in [-0.2, 0) is 6.42 Å². The van der Waals surface area contributed by atoms with Crippen LogP contribution in [0.1, 0.15) is 33.9 Å². The van der Waals surface area contributed by atoms with E-state index in [0.29, 0.717) is 0 Å². The SMILES string of the molecule is Cc1cc(C)c(CC(NN)c2ccc(Br)cc2Br)c(C)c1. The van der Waals surface area contributed by atoms with Gasteiger partial charge in [0, 0.05) is 8.95 Å². The lowest BCUT2D eigenvalue weighted by atomic mass is 9.92. The fraction of sp³-hybridized carbons (Fsp3) is 0.294. The van der Waals surface area contributed by atoms with E-state index in [0.717, 1.165) is 15.4 Å². The summed E-state index contributed by atoms with van der Waals surface area (Å²) in [6.45, 7) is 6.47. The molecule has 0 fully saturated rings. The fourth-order valence-electron chi connectivity index (χ4n) is 2.78. The Morgan fingerprint density at radius 1 is 1.05 bits per heavy atom. The molecule has 0 heterocycles. The molecule has 0 saturated carbocycles. The number of rotatable bonds is 4. The first-order valence-corrected chi connectivity index (χ1v) is 8.48. The number of aryl methyl sites for hydroxylation is 3. The Morgan fingerprint density at radius 3 is 2.19 bits per heavy atom. The van der Waals surface area contributed by atoms with Gasteiger partial charge in [0.15, 0.2) is 0 Å². The third-order valence-electron chi connectivity index (χ3n) is 3.79. The molecular weight excluding hydrogens is 392 g/mol. The van der Waals surface area contributed by atoms with E-state index in [-0.39, 0.29) is 6.04 Å². The molecule has 2 aromatic carbocycles. The normalized spacial score (nSPS) is 12.5. The number of halogens is 2. The lowest BCUT2D eigenvalue weighted by Gasteiger charge is -2.21. The zero-order valence-corrected chi connectivity index (χ0v) is 15.7. The Kier molecular flexibility index (Phi) is 5.60. The van der Waals surface area contributed by atoms with Gasteiger partial charge >= 0.3 is 0 Å². The Bertz CT molecular complexity index is 630. The number of hydrazine groups is 1. The van der Waals surface area contributed by atoms with Crippen molar-refractivity contribution < 1.29 is 0 Å². The monoisotopic (exact) mass is 410 g/mol. The molecule has 0 amide bonds. The minimum atomic E-state index is 0.0765. The molecule has 1 unspecified atom stereocenters. The largest absolute Gasteiger partial charge is 0.271 e. The van der Waals surface area contributed by atoms with E-state index < -0.39 is 0 Å². The highest BCUT2D eigenvalue weighted by molar-refractivity contribution is 9.11. The third-order valence-corrected chi connectivity index (χ3v) is 4.97. The first-order valence-electron chi connectivity index (χ1n) is 6.90. The van der Waals surface area contributed by atoms with Crippen LogP contribution in [0, 0.1) is 20.8 Å². The molecule has 1 atom stereocenters. The van der Waals surface area contributed by atoms with Gasteiger partial charge in [-0.1, -0.05) is 55.6 Å². The van der Waals surface area contributed by atoms with Crippen LogP contribution >= 0.6 is 31.9 Å². The second kappa shape index (κ2) is 7.05. The smallest absolute Gasteiger partial charge is 0.0511 e. The Hall–Kier alpha value is -0.680. The summed E-state index contributed by atoms with van der Waals surface area (Å²) in [5, 5.41) is 0. The fourth-order valence-corrected chi connectivity index (χ4v) is 4.10. The van der Waals surface area contributed by atoms with Crippen molar-refractivity contribution in [2.75, 3.05) is 0 Å². The van der Waals surface area contributed by atoms with Crippen molar-refractivity contribution >= 4 is 31.9 Å². The molecule has 2 nitrogen and oxygen atoms in total. The molecule has 2 aromatic rings. The number of nitrogens with two attached hydrogens (primary N) is 1. The van der Waals surface area contributed by atoms with E-state index in [1.807, 2.05) is 6.07 Å². The lowest BCUT2D eigenvalue weighted by Crippen LogP contribution is -2.30. The number of nitrogens with one attached hydrogen (secondary N) is 1. The molecule has 112 valence electrons. The Morgan fingerprint density at radius 2 is 1.67 bits per heavy atom. The van der Waals surface area contributed by atoms with Gasteiger partial charge in [-0.25, -0.2) is 0 Å². The van der Waals surface area contributed by atoms with Crippen LogP contribution in [0.4, 0.5) is 0 Å². The highest BCUT2D eigenvalue weighted by Gasteiger charge is 2.16. The second-order valence-electron chi connectivity index (χ2n) is 5.47. The van der Waals surface area contributed by atoms with Crippen LogP contribution in [0.25, 0.3) is 0 Å². The molecule has 0 aliphatic carbocycles. The maximum absolute atomic E-state index is 5.81. The average molecular weight is 412 g/mol. The van der Waals surface area contributed by atoms with Gasteiger partial charge < -0.3 is 0 Å². The van der Waals surface area contributed by atoms with Crippen molar-refractivity contribution in [2.45, 2.75) is 33.2 Å². The molecule has 0 aliphatic heterocycles. The molecule has 3 N–H and O–H groups in total. The molecule has 0 bridgehead atoms. The third kappa shape index (κ3) is 3.95. The predicted octanol–water partition coefficient (Wildman–Crippen LogP) is 4.88. The van der Waals surface area contributed by atoms with Crippen molar-refractivity contribution in [3.8, 4) is 0 Å². The van der Waals surface area contributed by atoms with E-state index in [2.05, 4.69) is 82.3 Å². The van der Waals surface area contributed by atoms with Crippen molar-refractivity contribution in [3.63, 3.8) is 0 Å². The van der Waals surface area contributed by atoms with Gasteiger partial charge in [-0.3, -0.25) is 11.3 Å². The number of hydrogen-bond donors (Lipinski definition) is 2. The summed E-state index contributed by atoms with van der Waals surface area (Å²) < 4.78 is 2.11. The highest BCUT2D eigenvalue weighted by Crippen LogP contribution is 2.30. The first-order chi connectivity index (χ1) is 9.92. The zero-order chi connectivity index (χ0) is 15.6. The van der Waals surface area contributed by atoms with Gasteiger partial charge in [0.05, 0.1) is 6.04 Å². The molecule has 4 heteroatoms. The van der Waals surface area contributed by atoms with E-state index in [4.69, 9.17) is 5.84 Å². The Labute approximate surface area is 143 Å². The summed E-state index contributed by atoms with van der Waals surface area (Å²) in [7, 11) is 0. The summed E-state index contributed by atoms with van der Waals surface area (Å²) >= 11 is 7.11. The minimum absolute atomic E-state index is 0.0765. The van der Waals surface area contributed by atoms with Gasteiger partial charge in [-0.15, -0.1) is 0 Å². The summed E-state index contributed by atoms with van der Waals surface area (Å²) in [4.78, 5) is 0. The van der Waals surface area contributed by atoms with Crippen molar-refractivity contribution in [1.82, 2.24) is 5.43 Å². The predicted molar refractivity (Wildman–Crippen MR) is 96.3 cm³/mol. The van der Waals surface area contributed by atoms with Crippen molar-refractivity contribution in [1.29, 1.82) is 0 Å². The maximum Gasteiger partial charge on any atom is 0.0511 e. The van der Waals surface area contributed by atoms with Crippen LogP contribution in [0.5, 0.6) is 0 Å². The summed E-state index contributed by atoms with van der Waals surface area (Å²) in [6.07, 6.45) is 0.870. The first kappa shape index (κ1) is 16.7. The molecule has 0 saturated heterocycles. The minimum Gasteiger partial charge on any atom is -0.271 e. The lowest BCUT2D eigenvalue weighted by molar-refractivity contribution is 0.547. The number of benzene rings is 2. The van der Waals surface area contributed by atoms with Gasteiger partial charge in [0.25, 0.3) is 0 Å². The molecule has 0 spiro atoms. The second-order valence-corrected chi connectivity index (χ2v) is 7.24. The zero-order valence-electron chi connectivity index (χ0n) is 12.5. The van der Waals surface area contributed by atoms with Crippen LogP contribution in [0.15, 0.2) is 39.3 Å². The summed E-state index contributed by atoms with van der Waals surface area (Å²) in [5.41, 5.74) is 9.42. The average Bonchev–Trinajstić information content (AvgIpc) is 2.39. The van der Waals surface area contributed by atoms with Crippen molar-refractivity contribution in [3.05, 3.63) is 67.1 Å². The van der Waals surface area contributed by atoms with Gasteiger partial charge in [0.1, 0.15) is 0 Å². The molecule has 0 aliphatic rings. The van der Waals surface area contributed by atoms with E-state index in [1.165, 1.54) is 27.8 Å². The van der Waals surface area contributed by atoms with Crippen LogP contribution in [-0.4, -0.2) is 0 Å². The van der Waals surface area contributed by atoms with Gasteiger partial charge in [-0.05, 0) is 61.6 Å². The molecule has 0 aromatic heterocycles. The van der Waals surface area contributed by atoms with E-state index >= 15 is 0 Å². The topological polar surface area (TPSA) is 38.0 Å². The summed E-state index contributed by atoms with van der Waals surface area (Å²) in [6, 6.07) is 10.7. The van der Waals surface area contributed by atoms with Crippen LogP contribution < -0.4 is 11.3 Å². The summed E-state index contributed by atoms with van der Waals surface area (Å²) in [5.74, 6) is 5.81.